The Hall–Kier alpha value is -2.64. The van der Waals surface area contributed by atoms with Gasteiger partial charge in [-0.25, -0.2) is 14.0 Å². The highest BCUT2D eigenvalue weighted by atomic mass is 19.1. The number of primary amides is 1. The third-order valence-electron chi connectivity index (χ3n) is 2.05. The third kappa shape index (κ3) is 4.26. The molecule has 1 aromatic carbocycles. The lowest BCUT2D eigenvalue weighted by Crippen LogP contribution is -2.42. The van der Waals surface area contributed by atoms with E-state index in [0.717, 1.165) is 18.2 Å². The average Bonchev–Trinajstić information content (AvgIpc) is 2.26. The Labute approximate surface area is 107 Å². The zero-order chi connectivity index (χ0) is 14.6. The van der Waals surface area contributed by atoms with E-state index in [1.54, 1.807) is 5.32 Å². The molecule has 0 fully saturated rings. The average molecular weight is 270 g/mol. The van der Waals surface area contributed by atoms with E-state index in [2.05, 4.69) is 0 Å². The van der Waals surface area contributed by atoms with Crippen LogP contribution in [0.3, 0.4) is 0 Å². The number of nitrogens with two attached hydrogens (primary N) is 1. The molecule has 0 saturated heterocycles. The van der Waals surface area contributed by atoms with Gasteiger partial charge in [0.1, 0.15) is 11.6 Å². The van der Waals surface area contributed by atoms with E-state index < -0.39 is 29.8 Å². The Morgan fingerprint density at radius 3 is 2.53 bits per heavy atom. The molecule has 7 nitrogen and oxygen atoms in total. The van der Waals surface area contributed by atoms with Crippen LogP contribution in [0.4, 0.5) is 9.18 Å². The lowest BCUT2D eigenvalue weighted by Gasteiger charge is -2.13. The number of aromatic carboxylic acids is 1. The molecule has 0 aromatic heterocycles. The predicted molar refractivity (Wildman–Crippen MR) is 61.2 cm³/mol. The number of hydrogen-bond donors (Lipinski definition) is 3. The lowest BCUT2D eigenvalue weighted by molar-refractivity contribution is -0.126. The van der Waals surface area contributed by atoms with E-state index in [0.29, 0.717) is 0 Å². The molecule has 19 heavy (non-hydrogen) atoms. The summed E-state index contributed by atoms with van der Waals surface area (Å²) in [4.78, 5) is 32.5. The smallest absolute Gasteiger partial charge is 0.335 e. The van der Waals surface area contributed by atoms with Crippen LogP contribution in [0, 0.1) is 5.82 Å². The van der Waals surface area contributed by atoms with Gasteiger partial charge in [-0.3, -0.25) is 10.1 Å². The second-order valence-corrected chi connectivity index (χ2v) is 3.59. The van der Waals surface area contributed by atoms with Gasteiger partial charge in [-0.1, -0.05) is 0 Å². The van der Waals surface area contributed by atoms with Crippen molar-refractivity contribution in [2.75, 3.05) is 0 Å². The fourth-order valence-electron chi connectivity index (χ4n) is 1.23. The maximum Gasteiger partial charge on any atom is 0.335 e. The number of carboxylic acids is 1. The minimum Gasteiger partial charge on any atom is -0.481 e. The van der Waals surface area contributed by atoms with Gasteiger partial charge < -0.3 is 15.6 Å². The molecule has 0 aliphatic heterocycles. The number of carboxylic acid groups (broad SMARTS) is 1. The van der Waals surface area contributed by atoms with E-state index in [4.69, 9.17) is 15.6 Å². The summed E-state index contributed by atoms with van der Waals surface area (Å²) in [6.07, 6.45) is -1.14. The van der Waals surface area contributed by atoms with Gasteiger partial charge in [0.15, 0.2) is 6.10 Å². The van der Waals surface area contributed by atoms with Crippen LogP contribution in [-0.2, 0) is 4.79 Å². The Bertz CT molecular complexity index is 532. The van der Waals surface area contributed by atoms with Gasteiger partial charge in [0.25, 0.3) is 5.91 Å². The van der Waals surface area contributed by atoms with Crippen molar-refractivity contribution in [3.8, 4) is 5.75 Å². The monoisotopic (exact) mass is 270 g/mol. The number of ether oxygens (including phenoxy) is 1. The molecule has 1 rings (SSSR count). The van der Waals surface area contributed by atoms with Crippen LogP contribution in [0.5, 0.6) is 5.75 Å². The standard InChI is InChI=1S/C11H11FN2O5/c1-5(9(15)14-11(13)18)19-8-3-6(10(16)17)2-7(12)4-8/h2-5H,1H3,(H,16,17)(H3,13,14,15,18). The number of hydrogen-bond acceptors (Lipinski definition) is 4. The highest BCUT2D eigenvalue weighted by Crippen LogP contribution is 2.18. The van der Waals surface area contributed by atoms with Crippen molar-refractivity contribution in [1.29, 1.82) is 0 Å². The Balaban J connectivity index is 2.84. The molecule has 1 unspecified atom stereocenters. The summed E-state index contributed by atoms with van der Waals surface area (Å²) in [5.41, 5.74) is 4.43. The summed E-state index contributed by atoms with van der Waals surface area (Å²) in [5.74, 6) is -3.13. The molecule has 4 N–H and O–H groups in total. The maximum atomic E-state index is 13.1. The molecule has 1 aromatic rings. The highest BCUT2D eigenvalue weighted by molar-refractivity contribution is 5.95. The summed E-state index contributed by atoms with van der Waals surface area (Å²) in [5, 5.41) is 10.5. The number of imide groups is 1. The van der Waals surface area contributed by atoms with E-state index >= 15 is 0 Å². The number of carbonyl (C=O) groups is 3. The summed E-state index contributed by atoms with van der Waals surface area (Å²) in [6, 6.07) is 1.73. The molecule has 0 saturated carbocycles. The number of nitrogens with one attached hydrogen (secondary N) is 1. The van der Waals surface area contributed by atoms with Crippen LogP contribution in [-0.4, -0.2) is 29.1 Å². The number of urea groups is 1. The van der Waals surface area contributed by atoms with Crippen LogP contribution in [0.25, 0.3) is 0 Å². The summed E-state index contributed by atoms with van der Waals surface area (Å²) >= 11 is 0. The van der Waals surface area contributed by atoms with Gasteiger partial charge >= 0.3 is 12.0 Å². The zero-order valence-corrected chi connectivity index (χ0v) is 9.84. The number of benzene rings is 1. The zero-order valence-electron chi connectivity index (χ0n) is 9.84. The molecular formula is C11H11FN2O5. The summed E-state index contributed by atoms with van der Waals surface area (Å²) in [6.45, 7) is 1.30. The van der Waals surface area contributed by atoms with Crippen LogP contribution < -0.4 is 15.8 Å². The van der Waals surface area contributed by atoms with Gasteiger partial charge in [-0.2, -0.15) is 0 Å². The first-order chi connectivity index (χ1) is 8.79. The highest BCUT2D eigenvalue weighted by Gasteiger charge is 2.17. The van der Waals surface area contributed by atoms with E-state index in [-0.39, 0.29) is 11.3 Å². The van der Waals surface area contributed by atoms with E-state index in [9.17, 15) is 18.8 Å². The first kappa shape index (κ1) is 14.4. The van der Waals surface area contributed by atoms with Gasteiger partial charge in [-0.15, -0.1) is 0 Å². The number of carbonyl (C=O) groups excluding carboxylic acids is 2. The molecule has 0 heterocycles. The van der Waals surface area contributed by atoms with Crippen LogP contribution >= 0.6 is 0 Å². The number of amides is 3. The summed E-state index contributed by atoms with van der Waals surface area (Å²) in [7, 11) is 0. The SMILES string of the molecule is CC(Oc1cc(F)cc(C(=O)O)c1)C(=O)NC(N)=O. The van der Waals surface area contributed by atoms with Crippen LogP contribution in [0.2, 0.25) is 0 Å². The molecule has 1 atom stereocenters. The quantitative estimate of drug-likeness (QED) is 0.735. The van der Waals surface area contributed by atoms with Crippen molar-refractivity contribution in [3.63, 3.8) is 0 Å². The molecule has 0 radical (unpaired) electrons. The molecule has 0 bridgehead atoms. The second-order valence-electron chi connectivity index (χ2n) is 3.59. The maximum absolute atomic E-state index is 13.1. The minimum absolute atomic E-state index is 0.149. The van der Waals surface area contributed by atoms with Crippen LogP contribution in [0.15, 0.2) is 18.2 Å². The molecule has 8 heteroatoms. The van der Waals surface area contributed by atoms with Crippen LogP contribution in [0.1, 0.15) is 17.3 Å². The molecular weight excluding hydrogens is 259 g/mol. The van der Waals surface area contributed by atoms with Crippen molar-refractivity contribution in [3.05, 3.63) is 29.6 Å². The molecule has 3 amide bonds. The van der Waals surface area contributed by atoms with Crippen molar-refractivity contribution >= 4 is 17.9 Å². The molecule has 102 valence electrons. The van der Waals surface area contributed by atoms with Gasteiger partial charge in [0.05, 0.1) is 5.56 Å². The Kier molecular flexibility index (Phi) is 4.41. The lowest BCUT2D eigenvalue weighted by atomic mass is 10.2. The first-order valence-corrected chi connectivity index (χ1v) is 5.10. The van der Waals surface area contributed by atoms with E-state index in [1.165, 1.54) is 6.92 Å². The third-order valence-corrected chi connectivity index (χ3v) is 2.05. The predicted octanol–water partition coefficient (Wildman–Crippen LogP) is 0.486. The largest absolute Gasteiger partial charge is 0.481 e. The normalized spacial score (nSPS) is 11.5. The number of rotatable bonds is 4. The van der Waals surface area contributed by atoms with Crippen molar-refractivity contribution in [2.45, 2.75) is 13.0 Å². The Morgan fingerprint density at radius 2 is 2.00 bits per heavy atom. The fourth-order valence-corrected chi connectivity index (χ4v) is 1.23. The van der Waals surface area contributed by atoms with Gasteiger partial charge in [0, 0.05) is 6.07 Å². The van der Waals surface area contributed by atoms with Crippen molar-refractivity contribution in [2.24, 2.45) is 5.73 Å². The van der Waals surface area contributed by atoms with E-state index in [1.807, 2.05) is 0 Å². The summed E-state index contributed by atoms with van der Waals surface area (Å²) < 4.78 is 18.2. The first-order valence-electron chi connectivity index (χ1n) is 5.10. The van der Waals surface area contributed by atoms with Crippen molar-refractivity contribution in [1.82, 2.24) is 5.32 Å². The molecule has 0 aliphatic rings. The second kappa shape index (κ2) is 5.80. The molecule has 0 aliphatic carbocycles. The minimum atomic E-state index is -1.33. The van der Waals surface area contributed by atoms with Gasteiger partial charge in [0.2, 0.25) is 0 Å². The Morgan fingerprint density at radius 1 is 1.37 bits per heavy atom. The van der Waals surface area contributed by atoms with Crippen molar-refractivity contribution < 1.29 is 28.6 Å². The topological polar surface area (TPSA) is 119 Å². The molecule has 0 spiro atoms. The fraction of sp³-hybridized carbons (Fsp3) is 0.182. The number of halogens is 1. The van der Waals surface area contributed by atoms with Gasteiger partial charge in [-0.05, 0) is 19.1 Å².